The lowest BCUT2D eigenvalue weighted by atomic mass is 10.3. The van der Waals surface area contributed by atoms with E-state index in [-0.39, 0.29) is 5.69 Å². The number of phenols is 1. The van der Waals surface area contributed by atoms with Gasteiger partial charge < -0.3 is 5.11 Å². The lowest BCUT2D eigenvalue weighted by Gasteiger charge is -2.09. The molecule has 1 aromatic heterocycles. The van der Waals surface area contributed by atoms with Gasteiger partial charge in [-0.3, -0.25) is 9.71 Å². The first-order valence-electron chi connectivity index (χ1n) is 5.00. The Balaban J connectivity index is 2.39. The third kappa shape index (κ3) is 2.97. The first-order chi connectivity index (χ1) is 8.88. The van der Waals surface area contributed by atoms with Crippen molar-refractivity contribution in [3.8, 4) is 5.75 Å². The predicted molar refractivity (Wildman–Crippen MR) is 63.1 cm³/mol. The Bertz CT molecular complexity index is 720. The number of pyridine rings is 1. The Kier molecular flexibility index (Phi) is 3.34. The van der Waals surface area contributed by atoms with Crippen molar-refractivity contribution in [2.24, 2.45) is 0 Å². The molecule has 0 saturated heterocycles. The van der Waals surface area contributed by atoms with Gasteiger partial charge in [0.1, 0.15) is 22.3 Å². The Morgan fingerprint density at radius 1 is 1.11 bits per heavy atom. The summed E-state index contributed by atoms with van der Waals surface area (Å²) in [6.45, 7) is 0. The molecule has 0 spiro atoms. The minimum atomic E-state index is -4.15. The number of rotatable bonds is 3. The fourth-order valence-electron chi connectivity index (χ4n) is 1.33. The molecule has 1 heterocycles. The number of nitrogens with one attached hydrogen (secondary N) is 1. The van der Waals surface area contributed by atoms with Crippen LogP contribution in [0.1, 0.15) is 0 Å². The van der Waals surface area contributed by atoms with Gasteiger partial charge in [-0.05, 0) is 18.2 Å². The number of benzene rings is 1. The molecule has 8 heteroatoms. The van der Waals surface area contributed by atoms with Gasteiger partial charge in [-0.1, -0.05) is 0 Å². The van der Waals surface area contributed by atoms with E-state index in [9.17, 15) is 22.3 Å². The number of hydrogen-bond donors (Lipinski definition) is 2. The van der Waals surface area contributed by atoms with Crippen LogP contribution in [0, 0.1) is 11.6 Å². The van der Waals surface area contributed by atoms with Crippen LogP contribution in [0.5, 0.6) is 5.75 Å². The van der Waals surface area contributed by atoms with Gasteiger partial charge in [0.25, 0.3) is 10.0 Å². The maximum atomic E-state index is 13.0. The second kappa shape index (κ2) is 4.81. The summed E-state index contributed by atoms with van der Waals surface area (Å²) in [5.41, 5.74) is -0.343. The summed E-state index contributed by atoms with van der Waals surface area (Å²) in [5, 5.41) is 9.42. The Morgan fingerprint density at radius 2 is 1.84 bits per heavy atom. The largest absolute Gasteiger partial charge is 0.506 e. The molecule has 19 heavy (non-hydrogen) atoms. The fraction of sp³-hybridized carbons (Fsp3) is 0. The molecule has 0 aliphatic rings. The zero-order valence-electron chi connectivity index (χ0n) is 9.34. The molecule has 1 aromatic carbocycles. The quantitative estimate of drug-likeness (QED) is 0.844. The normalized spacial score (nSPS) is 11.3. The van der Waals surface area contributed by atoms with Crippen molar-refractivity contribution in [3.05, 3.63) is 48.3 Å². The van der Waals surface area contributed by atoms with Crippen LogP contribution >= 0.6 is 0 Å². The fourth-order valence-corrected chi connectivity index (χ4v) is 2.37. The first kappa shape index (κ1) is 13.2. The molecule has 0 bridgehead atoms. The molecular formula is C11H8F2N2O3S. The van der Waals surface area contributed by atoms with E-state index in [1.165, 1.54) is 0 Å². The lowest BCUT2D eigenvalue weighted by Crippen LogP contribution is -2.13. The van der Waals surface area contributed by atoms with Crippen LogP contribution < -0.4 is 4.72 Å². The van der Waals surface area contributed by atoms with Crippen molar-refractivity contribution in [2.75, 3.05) is 4.72 Å². The van der Waals surface area contributed by atoms with E-state index >= 15 is 0 Å². The zero-order valence-corrected chi connectivity index (χ0v) is 10.2. The zero-order chi connectivity index (χ0) is 14.0. The second-order valence-electron chi connectivity index (χ2n) is 3.61. The number of halogens is 2. The molecule has 0 radical (unpaired) electrons. The third-order valence-corrected chi connectivity index (χ3v) is 3.53. The average Bonchev–Trinajstić information content (AvgIpc) is 2.33. The molecular weight excluding hydrogens is 278 g/mol. The number of sulfonamides is 1. The molecule has 0 saturated carbocycles. The molecule has 0 unspecified atom stereocenters. The summed E-state index contributed by atoms with van der Waals surface area (Å²) in [5.74, 6) is -2.01. The summed E-state index contributed by atoms with van der Waals surface area (Å²) in [6.07, 6.45) is 1.78. The highest BCUT2D eigenvalue weighted by atomic mass is 32.2. The molecule has 5 nitrogen and oxygen atoms in total. The third-order valence-electron chi connectivity index (χ3n) is 2.19. The molecule has 0 atom stereocenters. The maximum absolute atomic E-state index is 13.0. The Morgan fingerprint density at radius 3 is 2.53 bits per heavy atom. The monoisotopic (exact) mass is 286 g/mol. The second-order valence-corrected chi connectivity index (χ2v) is 5.29. The van der Waals surface area contributed by atoms with E-state index in [1.807, 2.05) is 4.72 Å². The molecule has 2 N–H and O–H groups in total. The van der Waals surface area contributed by atoms with E-state index in [1.54, 1.807) is 0 Å². The van der Waals surface area contributed by atoms with Gasteiger partial charge in [0.15, 0.2) is 0 Å². The SMILES string of the molecule is O=S(=O)(Nc1cc(F)ccc1O)c1cncc(F)c1. The van der Waals surface area contributed by atoms with Gasteiger partial charge in [-0.25, -0.2) is 17.2 Å². The molecule has 2 aromatic rings. The van der Waals surface area contributed by atoms with Crippen LogP contribution in [0.2, 0.25) is 0 Å². The van der Waals surface area contributed by atoms with E-state index in [2.05, 4.69) is 4.98 Å². The number of aromatic hydroxyl groups is 1. The van der Waals surface area contributed by atoms with E-state index in [0.29, 0.717) is 0 Å². The molecule has 2 rings (SSSR count). The highest BCUT2D eigenvalue weighted by Gasteiger charge is 2.17. The van der Waals surface area contributed by atoms with Crippen LogP contribution in [0.3, 0.4) is 0 Å². The van der Waals surface area contributed by atoms with E-state index in [0.717, 1.165) is 36.7 Å². The van der Waals surface area contributed by atoms with Gasteiger partial charge >= 0.3 is 0 Å². The van der Waals surface area contributed by atoms with Crippen LogP contribution in [0.15, 0.2) is 41.6 Å². The van der Waals surface area contributed by atoms with Crippen molar-refractivity contribution in [1.82, 2.24) is 4.98 Å². The van der Waals surface area contributed by atoms with Crippen molar-refractivity contribution in [3.63, 3.8) is 0 Å². The predicted octanol–water partition coefficient (Wildman–Crippen LogP) is 1.87. The van der Waals surface area contributed by atoms with Gasteiger partial charge in [0, 0.05) is 12.3 Å². The minimum Gasteiger partial charge on any atom is -0.506 e. The Labute approximate surface area is 107 Å². The van der Waals surface area contributed by atoms with Gasteiger partial charge in [-0.2, -0.15) is 0 Å². The van der Waals surface area contributed by atoms with E-state index in [4.69, 9.17) is 0 Å². The first-order valence-corrected chi connectivity index (χ1v) is 6.49. The number of nitrogens with zero attached hydrogens (tertiary/aromatic N) is 1. The highest BCUT2D eigenvalue weighted by molar-refractivity contribution is 7.92. The van der Waals surface area contributed by atoms with Gasteiger partial charge in [-0.15, -0.1) is 0 Å². The van der Waals surface area contributed by atoms with Gasteiger partial charge in [0.05, 0.1) is 11.9 Å². The molecule has 0 aliphatic heterocycles. The van der Waals surface area contributed by atoms with Crippen LogP contribution in [0.25, 0.3) is 0 Å². The Hall–Kier alpha value is -2.22. The molecule has 0 amide bonds. The van der Waals surface area contributed by atoms with Crippen molar-refractivity contribution >= 4 is 15.7 Å². The number of phenolic OH excluding ortho intramolecular Hbond substituents is 1. The maximum Gasteiger partial charge on any atom is 0.263 e. The lowest BCUT2D eigenvalue weighted by molar-refractivity contribution is 0.475. The number of hydrogen-bond acceptors (Lipinski definition) is 4. The van der Waals surface area contributed by atoms with Crippen molar-refractivity contribution < 1.29 is 22.3 Å². The summed E-state index contributed by atoms with van der Waals surface area (Å²) >= 11 is 0. The minimum absolute atomic E-state index is 0.343. The summed E-state index contributed by atoms with van der Waals surface area (Å²) in [7, 11) is -4.15. The number of aromatic nitrogens is 1. The highest BCUT2D eigenvalue weighted by Crippen LogP contribution is 2.26. The molecule has 0 fully saturated rings. The van der Waals surface area contributed by atoms with Crippen molar-refractivity contribution in [1.29, 1.82) is 0 Å². The number of anilines is 1. The smallest absolute Gasteiger partial charge is 0.263 e. The van der Waals surface area contributed by atoms with Crippen molar-refractivity contribution in [2.45, 2.75) is 4.90 Å². The molecule has 0 aliphatic carbocycles. The van der Waals surface area contributed by atoms with Crippen LogP contribution in [0.4, 0.5) is 14.5 Å². The molecule has 100 valence electrons. The van der Waals surface area contributed by atoms with Gasteiger partial charge in [0.2, 0.25) is 0 Å². The topological polar surface area (TPSA) is 79.3 Å². The summed E-state index contributed by atoms with van der Waals surface area (Å²) < 4.78 is 51.6. The average molecular weight is 286 g/mol. The van der Waals surface area contributed by atoms with Crippen LogP contribution in [-0.4, -0.2) is 18.5 Å². The van der Waals surface area contributed by atoms with Crippen LogP contribution in [-0.2, 0) is 10.0 Å². The summed E-state index contributed by atoms with van der Waals surface area (Å²) in [6, 6.07) is 3.53. The standard InChI is InChI=1S/C11H8F2N2O3S/c12-7-1-2-11(16)10(4-7)15-19(17,18)9-3-8(13)5-14-6-9/h1-6,15-16H. The summed E-state index contributed by atoms with van der Waals surface area (Å²) in [4.78, 5) is 2.97. The van der Waals surface area contributed by atoms with E-state index < -0.39 is 32.3 Å².